The Hall–Kier alpha value is -0.900. The van der Waals surface area contributed by atoms with Gasteiger partial charge in [0.25, 0.3) is 0 Å². The van der Waals surface area contributed by atoms with Gasteiger partial charge in [-0.1, -0.05) is 27.7 Å². The summed E-state index contributed by atoms with van der Waals surface area (Å²) in [7, 11) is 1.79. The van der Waals surface area contributed by atoms with Crippen molar-refractivity contribution in [3.8, 4) is 0 Å². The number of carbonyl (C=O) groups excluding carboxylic acids is 2. The molecule has 0 aromatic heterocycles. The van der Waals surface area contributed by atoms with Crippen LogP contribution in [-0.4, -0.2) is 31.6 Å². The van der Waals surface area contributed by atoms with Gasteiger partial charge >= 0.3 is 5.97 Å². The Balaban J connectivity index is 2.52. The largest absolute Gasteiger partial charge is 0.466 e. The summed E-state index contributed by atoms with van der Waals surface area (Å²) < 4.78 is 10.9. The molecule has 1 rings (SSSR count). The quantitative estimate of drug-likeness (QED) is 0.672. The van der Waals surface area contributed by atoms with Crippen LogP contribution in [0, 0.1) is 16.7 Å². The van der Waals surface area contributed by atoms with Crippen molar-refractivity contribution in [1.82, 2.24) is 0 Å². The first-order valence-electron chi connectivity index (χ1n) is 8.26. The maximum absolute atomic E-state index is 11.6. The molecule has 0 radical (unpaired) electrons. The van der Waals surface area contributed by atoms with Crippen LogP contribution in [-0.2, 0) is 19.1 Å². The van der Waals surface area contributed by atoms with Crippen molar-refractivity contribution in [2.75, 3.05) is 13.7 Å². The lowest BCUT2D eigenvalue weighted by Gasteiger charge is -2.52. The Labute approximate surface area is 134 Å². The van der Waals surface area contributed by atoms with Crippen LogP contribution in [0.5, 0.6) is 0 Å². The maximum Gasteiger partial charge on any atom is 0.306 e. The number of carbonyl (C=O) groups is 2. The van der Waals surface area contributed by atoms with Gasteiger partial charge in [0.05, 0.1) is 19.1 Å². The highest BCUT2D eigenvalue weighted by molar-refractivity contribution is 5.80. The SMILES string of the molecule is COC1CC(C)(C)C(CCOC(=O)CCC(C)=O)C(C)(C)C1. The summed E-state index contributed by atoms with van der Waals surface area (Å²) in [4.78, 5) is 22.5. The van der Waals surface area contributed by atoms with Crippen molar-refractivity contribution in [2.45, 2.75) is 72.8 Å². The zero-order chi connectivity index (χ0) is 17.0. The van der Waals surface area contributed by atoms with Gasteiger partial charge in [0.15, 0.2) is 0 Å². The summed E-state index contributed by atoms with van der Waals surface area (Å²) >= 11 is 0. The predicted octanol–water partition coefficient (Wildman–Crippen LogP) is 3.77. The van der Waals surface area contributed by atoms with E-state index in [1.165, 1.54) is 6.92 Å². The highest BCUT2D eigenvalue weighted by Crippen LogP contribution is 2.52. The van der Waals surface area contributed by atoms with Crippen LogP contribution in [0.15, 0.2) is 0 Å². The minimum Gasteiger partial charge on any atom is -0.466 e. The van der Waals surface area contributed by atoms with E-state index in [0.29, 0.717) is 18.6 Å². The fourth-order valence-electron chi connectivity index (χ4n) is 4.18. The molecule has 0 amide bonds. The average molecular weight is 312 g/mol. The van der Waals surface area contributed by atoms with E-state index in [1.54, 1.807) is 7.11 Å². The van der Waals surface area contributed by atoms with Crippen LogP contribution in [0.3, 0.4) is 0 Å². The molecule has 0 atom stereocenters. The Kier molecular flexibility index (Phi) is 6.60. The van der Waals surface area contributed by atoms with Crippen molar-refractivity contribution < 1.29 is 19.1 Å². The summed E-state index contributed by atoms with van der Waals surface area (Å²) in [6.07, 6.45) is 3.71. The van der Waals surface area contributed by atoms with Gasteiger partial charge in [0, 0.05) is 13.5 Å². The van der Waals surface area contributed by atoms with Crippen molar-refractivity contribution in [1.29, 1.82) is 0 Å². The first-order chi connectivity index (χ1) is 10.1. The number of ketones is 1. The van der Waals surface area contributed by atoms with Crippen LogP contribution in [0.4, 0.5) is 0 Å². The monoisotopic (exact) mass is 312 g/mol. The van der Waals surface area contributed by atoms with Gasteiger partial charge < -0.3 is 14.3 Å². The highest BCUT2D eigenvalue weighted by atomic mass is 16.5. The van der Waals surface area contributed by atoms with Gasteiger partial charge in [-0.2, -0.15) is 0 Å². The second-order valence-corrected chi connectivity index (χ2v) is 8.01. The number of Topliss-reactive ketones (excluding diaryl/α,β-unsaturated/α-hetero) is 1. The first-order valence-corrected chi connectivity index (χ1v) is 8.26. The second kappa shape index (κ2) is 7.58. The molecule has 4 heteroatoms. The standard InChI is InChI=1S/C18H32O4/c1-13(19)7-8-16(20)22-10-9-15-17(2,3)11-14(21-6)12-18(15,4)5/h14-15H,7-12H2,1-6H3. The van der Waals surface area contributed by atoms with Gasteiger partial charge in [-0.05, 0) is 42.9 Å². The van der Waals surface area contributed by atoms with Crippen molar-refractivity contribution in [3.63, 3.8) is 0 Å². The van der Waals surface area contributed by atoms with E-state index in [1.807, 2.05) is 0 Å². The molecule has 0 bridgehead atoms. The fourth-order valence-corrected chi connectivity index (χ4v) is 4.18. The van der Waals surface area contributed by atoms with Gasteiger partial charge in [-0.15, -0.1) is 0 Å². The molecule has 0 heterocycles. The summed E-state index contributed by atoms with van der Waals surface area (Å²) in [5.74, 6) is 0.237. The Morgan fingerprint density at radius 3 is 2.05 bits per heavy atom. The minimum atomic E-state index is -0.267. The molecule has 0 unspecified atom stereocenters. The van der Waals surface area contributed by atoms with Crippen molar-refractivity contribution in [2.24, 2.45) is 16.7 Å². The second-order valence-electron chi connectivity index (χ2n) is 8.01. The Bertz CT molecular complexity index is 380. The van der Waals surface area contributed by atoms with Gasteiger partial charge in [0.2, 0.25) is 0 Å². The topological polar surface area (TPSA) is 52.6 Å². The first kappa shape index (κ1) is 19.1. The maximum atomic E-state index is 11.6. The third kappa shape index (κ3) is 5.38. The molecule has 22 heavy (non-hydrogen) atoms. The van der Waals surface area contributed by atoms with E-state index in [0.717, 1.165) is 19.3 Å². The molecule has 4 nitrogen and oxygen atoms in total. The zero-order valence-corrected chi connectivity index (χ0v) is 15.0. The van der Waals surface area contributed by atoms with Crippen LogP contribution < -0.4 is 0 Å². The molecule has 0 N–H and O–H groups in total. The lowest BCUT2D eigenvalue weighted by molar-refractivity contribution is -0.147. The lowest BCUT2D eigenvalue weighted by Crippen LogP contribution is -2.46. The van der Waals surface area contributed by atoms with Crippen LogP contribution in [0.25, 0.3) is 0 Å². The van der Waals surface area contributed by atoms with Gasteiger partial charge in [-0.3, -0.25) is 4.79 Å². The molecule has 0 aromatic rings. The van der Waals surface area contributed by atoms with E-state index in [9.17, 15) is 9.59 Å². The van der Waals surface area contributed by atoms with Crippen LogP contribution >= 0.6 is 0 Å². The molecule has 1 aliphatic rings. The van der Waals surface area contributed by atoms with Crippen LogP contribution in [0.1, 0.15) is 66.7 Å². The number of esters is 1. The Morgan fingerprint density at radius 2 is 1.59 bits per heavy atom. The molecule has 0 spiro atoms. The summed E-state index contributed by atoms with van der Waals surface area (Å²) in [6.45, 7) is 11.0. The molecule has 1 aliphatic carbocycles. The molecule has 0 saturated heterocycles. The Morgan fingerprint density at radius 1 is 1.05 bits per heavy atom. The number of ether oxygens (including phenoxy) is 2. The number of hydrogen-bond donors (Lipinski definition) is 0. The molecular formula is C18H32O4. The normalized spacial score (nSPS) is 26.5. The third-order valence-electron chi connectivity index (χ3n) is 5.08. The molecule has 128 valence electrons. The molecule has 0 aromatic carbocycles. The van der Waals surface area contributed by atoms with E-state index in [2.05, 4.69) is 27.7 Å². The fraction of sp³-hybridized carbons (Fsp3) is 0.889. The number of hydrogen-bond acceptors (Lipinski definition) is 4. The smallest absolute Gasteiger partial charge is 0.306 e. The third-order valence-corrected chi connectivity index (χ3v) is 5.08. The summed E-state index contributed by atoms with van der Waals surface area (Å²) in [5.41, 5.74) is 0.322. The highest BCUT2D eigenvalue weighted by Gasteiger charge is 2.47. The lowest BCUT2D eigenvalue weighted by atomic mass is 9.55. The van der Waals surface area contributed by atoms with Crippen LogP contribution in [0.2, 0.25) is 0 Å². The minimum absolute atomic E-state index is 0.0251. The van der Waals surface area contributed by atoms with Crippen molar-refractivity contribution >= 4 is 11.8 Å². The molecular weight excluding hydrogens is 280 g/mol. The predicted molar refractivity (Wildman–Crippen MR) is 86.6 cm³/mol. The van der Waals surface area contributed by atoms with Gasteiger partial charge in [-0.25, -0.2) is 0 Å². The molecule has 0 aliphatic heterocycles. The van der Waals surface area contributed by atoms with E-state index < -0.39 is 0 Å². The molecule has 1 saturated carbocycles. The van der Waals surface area contributed by atoms with E-state index in [-0.39, 0.29) is 35.4 Å². The van der Waals surface area contributed by atoms with Gasteiger partial charge in [0.1, 0.15) is 5.78 Å². The summed E-state index contributed by atoms with van der Waals surface area (Å²) in [6, 6.07) is 0. The number of methoxy groups -OCH3 is 1. The van der Waals surface area contributed by atoms with Crippen molar-refractivity contribution in [3.05, 3.63) is 0 Å². The molecule has 1 fully saturated rings. The van der Waals surface area contributed by atoms with E-state index >= 15 is 0 Å². The summed E-state index contributed by atoms with van der Waals surface area (Å²) in [5, 5.41) is 0. The average Bonchev–Trinajstić information content (AvgIpc) is 2.38. The van der Waals surface area contributed by atoms with E-state index in [4.69, 9.17) is 9.47 Å². The number of rotatable bonds is 7. The zero-order valence-electron chi connectivity index (χ0n) is 15.0.